The standard InChI is InChI=1S/C8H9N2O/c9-8(11)4-3-7-2-1-5-10-6-7/h1-2,5-6,9H,3-4H2. The molecule has 0 spiro atoms. The zero-order chi connectivity index (χ0) is 8.10. The van der Waals surface area contributed by atoms with Crippen molar-refractivity contribution in [2.45, 2.75) is 12.8 Å². The Kier molecular flexibility index (Phi) is 2.60. The number of pyridine rings is 1. The maximum absolute atomic E-state index is 10.3. The first-order chi connectivity index (χ1) is 5.29. The van der Waals surface area contributed by atoms with Crippen LogP contribution in [0.1, 0.15) is 12.0 Å². The molecule has 0 aliphatic heterocycles. The van der Waals surface area contributed by atoms with Crippen LogP contribution in [-0.2, 0) is 11.2 Å². The largest absolute Gasteiger partial charge is 0.273 e. The number of aryl methyl sites for hydroxylation is 1. The van der Waals surface area contributed by atoms with E-state index in [0.29, 0.717) is 6.42 Å². The molecule has 57 valence electrons. The molecule has 3 heteroatoms. The molecule has 1 rings (SSSR count). The summed E-state index contributed by atoms with van der Waals surface area (Å²) in [5.74, 6) is -0.520. The molecule has 1 N–H and O–H groups in total. The summed E-state index contributed by atoms with van der Waals surface area (Å²) in [6.07, 6.45) is 4.30. The van der Waals surface area contributed by atoms with Gasteiger partial charge in [-0.1, -0.05) is 6.07 Å². The molecule has 11 heavy (non-hydrogen) atoms. The van der Waals surface area contributed by atoms with Gasteiger partial charge in [-0.3, -0.25) is 15.5 Å². The summed E-state index contributed by atoms with van der Waals surface area (Å²) in [5.41, 5.74) is 7.68. The lowest BCUT2D eigenvalue weighted by Gasteiger charge is -1.94. The van der Waals surface area contributed by atoms with E-state index in [1.165, 1.54) is 0 Å². The molecule has 0 saturated carbocycles. The quantitative estimate of drug-likeness (QED) is 0.639. The number of hydrogen-bond donors (Lipinski definition) is 0. The van der Waals surface area contributed by atoms with Gasteiger partial charge in [0.2, 0.25) is 5.91 Å². The summed E-state index contributed by atoms with van der Waals surface area (Å²) in [6.45, 7) is 0. The molecule has 1 aromatic rings. The van der Waals surface area contributed by atoms with Crippen LogP contribution >= 0.6 is 0 Å². The van der Waals surface area contributed by atoms with Crippen LogP contribution in [0, 0.1) is 0 Å². The molecule has 0 bridgehead atoms. The summed E-state index contributed by atoms with van der Waals surface area (Å²) in [7, 11) is 0. The summed E-state index contributed by atoms with van der Waals surface area (Å²) in [4.78, 5) is 14.2. The van der Waals surface area contributed by atoms with E-state index in [9.17, 15) is 4.79 Å². The van der Waals surface area contributed by atoms with Crippen molar-refractivity contribution in [3.05, 3.63) is 30.1 Å². The Hall–Kier alpha value is -1.38. The van der Waals surface area contributed by atoms with Crippen LogP contribution in [0.3, 0.4) is 0 Å². The Morgan fingerprint density at radius 3 is 3.00 bits per heavy atom. The fraction of sp³-hybridized carbons (Fsp3) is 0.250. The van der Waals surface area contributed by atoms with Crippen molar-refractivity contribution in [1.82, 2.24) is 10.7 Å². The van der Waals surface area contributed by atoms with E-state index in [1.807, 2.05) is 12.1 Å². The number of carbonyl (C=O) groups is 1. The highest BCUT2D eigenvalue weighted by Crippen LogP contribution is 1.99. The molecule has 0 saturated heterocycles. The Balaban J connectivity index is 2.45. The molecule has 0 aromatic carbocycles. The third kappa shape index (κ3) is 2.80. The van der Waals surface area contributed by atoms with Crippen molar-refractivity contribution in [2.75, 3.05) is 0 Å². The van der Waals surface area contributed by atoms with E-state index in [-0.39, 0.29) is 6.42 Å². The van der Waals surface area contributed by atoms with E-state index >= 15 is 0 Å². The molecule has 1 heterocycles. The van der Waals surface area contributed by atoms with Gasteiger partial charge in [-0.05, 0) is 18.1 Å². The number of nitrogens with one attached hydrogen (secondary N) is 1. The minimum absolute atomic E-state index is 0.283. The van der Waals surface area contributed by atoms with Gasteiger partial charge in [0.25, 0.3) is 0 Å². The van der Waals surface area contributed by atoms with Gasteiger partial charge < -0.3 is 0 Å². The van der Waals surface area contributed by atoms with Gasteiger partial charge in [0, 0.05) is 18.8 Å². The molecule has 1 aromatic heterocycles. The Labute approximate surface area is 65.2 Å². The number of hydrogen-bond acceptors (Lipinski definition) is 2. The smallest absolute Gasteiger partial charge is 0.238 e. The Morgan fingerprint density at radius 1 is 1.64 bits per heavy atom. The van der Waals surface area contributed by atoms with Crippen molar-refractivity contribution < 1.29 is 4.79 Å². The zero-order valence-corrected chi connectivity index (χ0v) is 6.08. The lowest BCUT2D eigenvalue weighted by Crippen LogP contribution is -1.99. The van der Waals surface area contributed by atoms with Gasteiger partial charge in [0.1, 0.15) is 0 Å². The molecular weight excluding hydrogens is 140 g/mol. The average Bonchev–Trinajstić information content (AvgIpc) is 2.03. The Morgan fingerprint density at radius 2 is 2.45 bits per heavy atom. The van der Waals surface area contributed by atoms with Gasteiger partial charge in [-0.2, -0.15) is 0 Å². The molecule has 0 aliphatic rings. The van der Waals surface area contributed by atoms with Crippen LogP contribution in [0.5, 0.6) is 0 Å². The van der Waals surface area contributed by atoms with Gasteiger partial charge in [-0.25, -0.2) is 0 Å². The number of nitrogens with zero attached hydrogens (tertiary/aromatic N) is 1. The second kappa shape index (κ2) is 3.71. The number of aromatic nitrogens is 1. The van der Waals surface area contributed by atoms with Gasteiger partial charge in [0.05, 0.1) is 0 Å². The molecule has 0 unspecified atom stereocenters. The minimum Gasteiger partial charge on any atom is -0.273 e. The van der Waals surface area contributed by atoms with Crippen molar-refractivity contribution in [3.8, 4) is 0 Å². The SMILES string of the molecule is [NH]C(=O)CCc1cccnc1. The van der Waals surface area contributed by atoms with Gasteiger partial charge in [-0.15, -0.1) is 0 Å². The fourth-order valence-electron chi connectivity index (χ4n) is 0.804. The minimum atomic E-state index is -0.520. The highest BCUT2D eigenvalue weighted by Gasteiger charge is 1.96. The molecule has 0 fully saturated rings. The van der Waals surface area contributed by atoms with E-state index in [1.54, 1.807) is 12.4 Å². The van der Waals surface area contributed by atoms with Crippen LogP contribution < -0.4 is 5.73 Å². The van der Waals surface area contributed by atoms with Crippen LogP contribution in [0.4, 0.5) is 0 Å². The van der Waals surface area contributed by atoms with Crippen LogP contribution in [0.25, 0.3) is 0 Å². The number of rotatable bonds is 3. The predicted octanol–water partition coefficient (Wildman–Crippen LogP) is 0.824. The number of carbonyl (C=O) groups excluding carboxylic acids is 1. The molecule has 1 radical (unpaired) electrons. The van der Waals surface area contributed by atoms with E-state index < -0.39 is 5.91 Å². The third-order valence-electron chi connectivity index (χ3n) is 1.36. The van der Waals surface area contributed by atoms with E-state index in [2.05, 4.69) is 4.98 Å². The Bertz CT molecular complexity index is 233. The lowest BCUT2D eigenvalue weighted by atomic mass is 10.1. The highest BCUT2D eigenvalue weighted by atomic mass is 16.1. The average molecular weight is 149 g/mol. The first kappa shape index (κ1) is 7.72. The van der Waals surface area contributed by atoms with Crippen molar-refractivity contribution in [1.29, 1.82) is 0 Å². The van der Waals surface area contributed by atoms with Gasteiger partial charge in [0.15, 0.2) is 0 Å². The van der Waals surface area contributed by atoms with Gasteiger partial charge >= 0.3 is 0 Å². The monoisotopic (exact) mass is 149 g/mol. The summed E-state index contributed by atoms with van der Waals surface area (Å²) in [5, 5.41) is 0. The molecule has 3 nitrogen and oxygen atoms in total. The first-order valence-electron chi connectivity index (χ1n) is 3.42. The van der Waals surface area contributed by atoms with Crippen LogP contribution in [-0.4, -0.2) is 10.9 Å². The topological polar surface area (TPSA) is 53.8 Å². The van der Waals surface area contributed by atoms with Crippen LogP contribution in [0.2, 0.25) is 0 Å². The molecule has 1 amide bonds. The number of amides is 1. The maximum atomic E-state index is 10.3. The second-order valence-corrected chi connectivity index (χ2v) is 2.28. The molecule has 0 atom stereocenters. The second-order valence-electron chi connectivity index (χ2n) is 2.28. The first-order valence-corrected chi connectivity index (χ1v) is 3.42. The lowest BCUT2D eigenvalue weighted by molar-refractivity contribution is -0.118. The zero-order valence-electron chi connectivity index (χ0n) is 6.08. The molecule has 0 aliphatic carbocycles. The maximum Gasteiger partial charge on any atom is 0.238 e. The predicted molar refractivity (Wildman–Crippen MR) is 40.7 cm³/mol. The normalized spacial score (nSPS) is 9.45. The van der Waals surface area contributed by atoms with Crippen LogP contribution in [0.15, 0.2) is 24.5 Å². The fourth-order valence-corrected chi connectivity index (χ4v) is 0.804. The van der Waals surface area contributed by atoms with Crippen molar-refractivity contribution in [3.63, 3.8) is 0 Å². The summed E-state index contributed by atoms with van der Waals surface area (Å²) >= 11 is 0. The highest BCUT2D eigenvalue weighted by molar-refractivity contribution is 5.73. The summed E-state index contributed by atoms with van der Waals surface area (Å²) in [6, 6.07) is 3.72. The van der Waals surface area contributed by atoms with E-state index in [0.717, 1.165) is 5.56 Å². The third-order valence-corrected chi connectivity index (χ3v) is 1.36. The molecular formula is C8H9N2O. The van der Waals surface area contributed by atoms with E-state index in [4.69, 9.17) is 5.73 Å². The van der Waals surface area contributed by atoms with Crippen molar-refractivity contribution >= 4 is 5.91 Å². The summed E-state index contributed by atoms with van der Waals surface area (Å²) < 4.78 is 0. The van der Waals surface area contributed by atoms with Crippen molar-refractivity contribution in [2.24, 2.45) is 0 Å².